The molecule has 0 spiro atoms. The average molecular weight is 256 g/mol. The molecule has 0 saturated heterocycles. The van der Waals surface area contributed by atoms with E-state index < -0.39 is 12.1 Å². The van der Waals surface area contributed by atoms with E-state index in [1.54, 1.807) is 18.3 Å². The Morgan fingerprint density at radius 2 is 2.06 bits per heavy atom. The molecule has 2 aromatic rings. The molecule has 0 saturated carbocycles. The molecule has 2 rings (SSSR count). The van der Waals surface area contributed by atoms with Gasteiger partial charge in [-0.05, 0) is 24.1 Å². The monoisotopic (exact) mass is 256 g/mol. The maximum Gasteiger partial charge on any atom is 0.471 e. The average Bonchev–Trinajstić information content (AvgIpc) is 2.77. The summed E-state index contributed by atoms with van der Waals surface area (Å²) in [5, 5.41) is 2.68. The predicted molar refractivity (Wildman–Crippen MR) is 62.4 cm³/mol. The SMILES string of the molecule is CCc1ccc(NC(=O)C(F)(F)F)c2[nH]ccc12. The molecular formula is C12H11F3N2O. The molecule has 0 unspecified atom stereocenters. The number of aryl methyl sites for hydroxylation is 1. The summed E-state index contributed by atoms with van der Waals surface area (Å²) in [7, 11) is 0. The molecule has 0 aliphatic heterocycles. The summed E-state index contributed by atoms with van der Waals surface area (Å²) in [5.41, 5.74) is 1.65. The van der Waals surface area contributed by atoms with E-state index in [0.29, 0.717) is 5.52 Å². The Morgan fingerprint density at radius 1 is 1.33 bits per heavy atom. The van der Waals surface area contributed by atoms with Gasteiger partial charge in [0, 0.05) is 11.6 Å². The zero-order valence-corrected chi connectivity index (χ0v) is 9.56. The van der Waals surface area contributed by atoms with Crippen LogP contribution in [0.25, 0.3) is 10.9 Å². The minimum Gasteiger partial charge on any atom is -0.359 e. The van der Waals surface area contributed by atoms with Crippen LogP contribution >= 0.6 is 0 Å². The Labute approximate surface area is 101 Å². The third-order valence-corrected chi connectivity index (χ3v) is 2.70. The van der Waals surface area contributed by atoms with Gasteiger partial charge in [0.15, 0.2) is 0 Å². The van der Waals surface area contributed by atoms with Gasteiger partial charge < -0.3 is 10.3 Å². The van der Waals surface area contributed by atoms with Crippen LogP contribution in [0, 0.1) is 0 Å². The lowest BCUT2D eigenvalue weighted by molar-refractivity contribution is -0.167. The second-order valence-electron chi connectivity index (χ2n) is 3.84. The van der Waals surface area contributed by atoms with Gasteiger partial charge >= 0.3 is 12.1 Å². The predicted octanol–water partition coefficient (Wildman–Crippen LogP) is 3.23. The van der Waals surface area contributed by atoms with Crippen LogP contribution in [0.3, 0.4) is 0 Å². The van der Waals surface area contributed by atoms with Crippen molar-refractivity contribution >= 4 is 22.5 Å². The molecule has 0 atom stereocenters. The Bertz CT molecular complexity index is 587. The first-order valence-electron chi connectivity index (χ1n) is 5.40. The highest BCUT2D eigenvalue weighted by Gasteiger charge is 2.38. The summed E-state index contributed by atoms with van der Waals surface area (Å²) >= 11 is 0. The van der Waals surface area contributed by atoms with E-state index >= 15 is 0 Å². The van der Waals surface area contributed by atoms with Crippen LogP contribution in [0.15, 0.2) is 24.4 Å². The third kappa shape index (κ3) is 2.18. The van der Waals surface area contributed by atoms with Crippen LogP contribution in [-0.4, -0.2) is 17.1 Å². The van der Waals surface area contributed by atoms with E-state index in [0.717, 1.165) is 17.4 Å². The van der Waals surface area contributed by atoms with Crippen molar-refractivity contribution in [3.8, 4) is 0 Å². The number of carbonyl (C=O) groups excluding carboxylic acids is 1. The Balaban J connectivity index is 2.41. The molecule has 18 heavy (non-hydrogen) atoms. The molecule has 3 nitrogen and oxygen atoms in total. The molecule has 1 amide bonds. The lowest BCUT2D eigenvalue weighted by atomic mass is 10.1. The zero-order chi connectivity index (χ0) is 13.3. The largest absolute Gasteiger partial charge is 0.471 e. The normalized spacial score (nSPS) is 11.8. The quantitative estimate of drug-likeness (QED) is 0.851. The maximum absolute atomic E-state index is 12.2. The first kappa shape index (κ1) is 12.5. The zero-order valence-electron chi connectivity index (χ0n) is 9.56. The smallest absolute Gasteiger partial charge is 0.359 e. The van der Waals surface area contributed by atoms with Gasteiger partial charge in [0.1, 0.15) is 0 Å². The van der Waals surface area contributed by atoms with E-state index in [2.05, 4.69) is 4.98 Å². The fraction of sp³-hybridized carbons (Fsp3) is 0.250. The Kier molecular flexibility index (Phi) is 3.02. The van der Waals surface area contributed by atoms with Gasteiger partial charge in [-0.15, -0.1) is 0 Å². The number of rotatable bonds is 2. The van der Waals surface area contributed by atoms with Crippen molar-refractivity contribution in [2.45, 2.75) is 19.5 Å². The van der Waals surface area contributed by atoms with Gasteiger partial charge in [-0.1, -0.05) is 13.0 Å². The summed E-state index contributed by atoms with van der Waals surface area (Å²) in [6.45, 7) is 1.95. The van der Waals surface area contributed by atoms with Gasteiger partial charge in [-0.2, -0.15) is 13.2 Å². The van der Waals surface area contributed by atoms with Crippen molar-refractivity contribution in [3.63, 3.8) is 0 Å². The first-order chi connectivity index (χ1) is 8.43. The van der Waals surface area contributed by atoms with Crippen LogP contribution in [0.4, 0.5) is 18.9 Å². The lowest BCUT2D eigenvalue weighted by Gasteiger charge is -2.10. The fourth-order valence-electron chi connectivity index (χ4n) is 1.82. The van der Waals surface area contributed by atoms with Crippen LogP contribution < -0.4 is 5.32 Å². The third-order valence-electron chi connectivity index (χ3n) is 2.70. The molecule has 0 bridgehead atoms. The molecule has 0 radical (unpaired) electrons. The molecule has 96 valence electrons. The van der Waals surface area contributed by atoms with E-state index in [4.69, 9.17) is 0 Å². The summed E-state index contributed by atoms with van der Waals surface area (Å²) in [4.78, 5) is 13.7. The molecule has 6 heteroatoms. The minimum atomic E-state index is -4.89. The Hall–Kier alpha value is -1.98. The van der Waals surface area contributed by atoms with Gasteiger partial charge in [-0.3, -0.25) is 4.79 Å². The summed E-state index contributed by atoms with van der Waals surface area (Å²) < 4.78 is 36.6. The fourth-order valence-corrected chi connectivity index (χ4v) is 1.82. The highest BCUT2D eigenvalue weighted by atomic mass is 19.4. The molecule has 2 N–H and O–H groups in total. The highest BCUT2D eigenvalue weighted by Crippen LogP contribution is 2.27. The number of aromatic amines is 1. The van der Waals surface area contributed by atoms with Gasteiger partial charge in [0.25, 0.3) is 0 Å². The van der Waals surface area contributed by atoms with Gasteiger partial charge in [-0.25, -0.2) is 0 Å². The number of alkyl halides is 3. The van der Waals surface area contributed by atoms with Crippen molar-refractivity contribution in [1.29, 1.82) is 0 Å². The number of hydrogen-bond donors (Lipinski definition) is 2. The highest BCUT2D eigenvalue weighted by molar-refractivity contribution is 6.03. The topological polar surface area (TPSA) is 44.9 Å². The van der Waals surface area contributed by atoms with Crippen molar-refractivity contribution in [1.82, 2.24) is 4.98 Å². The summed E-state index contributed by atoms with van der Waals surface area (Å²) in [5.74, 6) is -1.97. The van der Waals surface area contributed by atoms with E-state index in [9.17, 15) is 18.0 Å². The minimum absolute atomic E-state index is 0.134. The van der Waals surface area contributed by atoms with Crippen LogP contribution in [0.1, 0.15) is 12.5 Å². The number of fused-ring (bicyclic) bond motifs is 1. The number of aromatic nitrogens is 1. The second-order valence-corrected chi connectivity index (χ2v) is 3.84. The van der Waals surface area contributed by atoms with Crippen LogP contribution in [-0.2, 0) is 11.2 Å². The molecule has 0 fully saturated rings. The molecule has 0 aliphatic carbocycles. The number of amides is 1. The van der Waals surface area contributed by atoms with Crippen molar-refractivity contribution in [2.24, 2.45) is 0 Å². The van der Waals surface area contributed by atoms with Crippen LogP contribution in [0.5, 0.6) is 0 Å². The molecule has 1 heterocycles. The number of halogens is 3. The van der Waals surface area contributed by atoms with E-state index in [-0.39, 0.29) is 5.69 Å². The van der Waals surface area contributed by atoms with Gasteiger partial charge in [0.2, 0.25) is 0 Å². The molecule has 0 aliphatic rings. The van der Waals surface area contributed by atoms with Crippen molar-refractivity contribution in [3.05, 3.63) is 30.0 Å². The molecule has 1 aromatic heterocycles. The van der Waals surface area contributed by atoms with Gasteiger partial charge in [0.05, 0.1) is 11.2 Å². The maximum atomic E-state index is 12.2. The first-order valence-corrected chi connectivity index (χ1v) is 5.40. The summed E-state index contributed by atoms with van der Waals surface area (Å²) in [6.07, 6.45) is -2.49. The van der Waals surface area contributed by atoms with E-state index in [1.165, 1.54) is 6.07 Å². The summed E-state index contributed by atoms with van der Waals surface area (Å²) in [6, 6.07) is 4.96. The number of H-pyrrole nitrogens is 1. The second kappa shape index (κ2) is 4.36. The molecular weight excluding hydrogens is 245 g/mol. The standard InChI is InChI=1S/C12H11F3N2O/c1-2-7-3-4-9(10-8(7)5-6-16-10)17-11(18)12(13,14)15/h3-6,16H,2H2,1H3,(H,17,18). The molecule has 1 aromatic carbocycles. The number of anilines is 1. The van der Waals surface area contributed by atoms with E-state index in [1.807, 2.05) is 12.2 Å². The Morgan fingerprint density at radius 3 is 2.67 bits per heavy atom. The number of hydrogen-bond acceptors (Lipinski definition) is 1. The van der Waals surface area contributed by atoms with Crippen molar-refractivity contribution < 1.29 is 18.0 Å². The number of nitrogens with one attached hydrogen (secondary N) is 2. The lowest BCUT2D eigenvalue weighted by Crippen LogP contribution is -2.30. The van der Waals surface area contributed by atoms with Crippen molar-refractivity contribution in [2.75, 3.05) is 5.32 Å². The van der Waals surface area contributed by atoms with Crippen LogP contribution in [0.2, 0.25) is 0 Å². The number of carbonyl (C=O) groups is 1. The number of benzene rings is 1.